The predicted molar refractivity (Wildman–Crippen MR) is 134 cm³/mol. The molecule has 3 heterocycles. The van der Waals surface area contributed by atoms with Crippen LogP contribution in [0.4, 0.5) is 10.6 Å². The first-order chi connectivity index (χ1) is 15.5. The lowest BCUT2D eigenvalue weighted by Crippen LogP contribution is -2.39. The number of hydrazone groups is 1. The molecule has 0 bridgehead atoms. The molecule has 1 aromatic carbocycles. The van der Waals surface area contributed by atoms with Crippen molar-refractivity contribution in [2.75, 3.05) is 12.0 Å². The van der Waals surface area contributed by atoms with Gasteiger partial charge in [-0.25, -0.2) is 14.8 Å². The number of carbonyl (C=O) groups is 1. The SMILES string of the molecule is CC(C)(C)OC(=O)N1CCc2ccc(C=NNc3ncnc4sc(C(C)(C)C)cc34)cc2C1. The van der Waals surface area contributed by atoms with Gasteiger partial charge in [-0.3, -0.25) is 5.43 Å². The lowest BCUT2D eigenvalue weighted by atomic mass is 9.94. The van der Waals surface area contributed by atoms with Gasteiger partial charge in [0, 0.05) is 18.0 Å². The average Bonchev–Trinajstić information content (AvgIpc) is 3.18. The molecule has 3 aromatic rings. The molecular weight excluding hydrogens is 434 g/mol. The Morgan fingerprint density at radius 1 is 1.15 bits per heavy atom. The van der Waals surface area contributed by atoms with E-state index in [-0.39, 0.29) is 11.5 Å². The topological polar surface area (TPSA) is 79.7 Å². The molecule has 174 valence electrons. The van der Waals surface area contributed by atoms with Gasteiger partial charge in [-0.15, -0.1) is 11.3 Å². The summed E-state index contributed by atoms with van der Waals surface area (Å²) < 4.78 is 5.53. The van der Waals surface area contributed by atoms with Crippen LogP contribution in [0.15, 0.2) is 35.7 Å². The lowest BCUT2D eigenvalue weighted by molar-refractivity contribution is 0.0224. The van der Waals surface area contributed by atoms with E-state index in [0.717, 1.165) is 27.8 Å². The molecule has 33 heavy (non-hydrogen) atoms. The second-order valence-electron chi connectivity index (χ2n) is 10.4. The number of benzene rings is 1. The second-order valence-corrected chi connectivity index (χ2v) is 11.4. The summed E-state index contributed by atoms with van der Waals surface area (Å²) in [6, 6.07) is 8.38. The van der Waals surface area contributed by atoms with Gasteiger partial charge in [0.1, 0.15) is 16.8 Å². The molecule has 1 amide bonds. The Balaban J connectivity index is 1.48. The maximum Gasteiger partial charge on any atom is 0.410 e. The Morgan fingerprint density at radius 3 is 2.67 bits per heavy atom. The number of rotatable bonds is 3. The normalized spacial score (nSPS) is 14.5. The fourth-order valence-electron chi connectivity index (χ4n) is 3.62. The molecule has 1 aliphatic rings. The largest absolute Gasteiger partial charge is 0.444 e. The Bertz CT molecular complexity index is 1200. The number of thiophene rings is 1. The number of amides is 1. The van der Waals surface area contributed by atoms with Crippen molar-refractivity contribution in [3.8, 4) is 0 Å². The summed E-state index contributed by atoms with van der Waals surface area (Å²) in [7, 11) is 0. The monoisotopic (exact) mass is 465 g/mol. The number of nitrogens with zero attached hydrogens (tertiary/aromatic N) is 4. The van der Waals surface area contributed by atoms with E-state index < -0.39 is 5.60 Å². The molecule has 0 unspecified atom stereocenters. The summed E-state index contributed by atoms with van der Waals surface area (Å²) in [5.41, 5.74) is 5.96. The summed E-state index contributed by atoms with van der Waals surface area (Å²) >= 11 is 1.68. The van der Waals surface area contributed by atoms with Crippen molar-refractivity contribution >= 4 is 39.7 Å². The highest BCUT2D eigenvalue weighted by atomic mass is 32.1. The van der Waals surface area contributed by atoms with Gasteiger partial charge in [0.25, 0.3) is 0 Å². The van der Waals surface area contributed by atoms with E-state index in [2.05, 4.69) is 59.5 Å². The van der Waals surface area contributed by atoms with Gasteiger partial charge >= 0.3 is 6.09 Å². The molecule has 7 nitrogen and oxygen atoms in total. The Hall–Kier alpha value is -3.00. The van der Waals surface area contributed by atoms with Crippen molar-refractivity contribution in [3.63, 3.8) is 0 Å². The van der Waals surface area contributed by atoms with Gasteiger partial charge in [0.05, 0.1) is 11.6 Å². The van der Waals surface area contributed by atoms with Crippen molar-refractivity contribution < 1.29 is 9.53 Å². The third-order valence-corrected chi connectivity index (χ3v) is 6.82. The molecule has 0 saturated carbocycles. The highest BCUT2D eigenvalue weighted by Gasteiger charge is 2.25. The molecule has 4 rings (SSSR count). The fourth-order valence-corrected chi connectivity index (χ4v) is 4.68. The minimum atomic E-state index is -0.500. The summed E-state index contributed by atoms with van der Waals surface area (Å²) in [5, 5.41) is 5.39. The molecule has 0 saturated heterocycles. The summed E-state index contributed by atoms with van der Waals surface area (Å²) in [5.74, 6) is 0.692. The smallest absolute Gasteiger partial charge is 0.410 e. The van der Waals surface area contributed by atoms with E-state index in [9.17, 15) is 4.79 Å². The number of carbonyl (C=O) groups excluding carboxylic acids is 1. The van der Waals surface area contributed by atoms with Gasteiger partial charge in [-0.05, 0) is 61.4 Å². The molecule has 2 aromatic heterocycles. The number of aromatic nitrogens is 2. The first-order valence-electron chi connectivity index (χ1n) is 11.1. The van der Waals surface area contributed by atoms with Crippen molar-refractivity contribution in [3.05, 3.63) is 52.2 Å². The maximum atomic E-state index is 12.5. The van der Waals surface area contributed by atoms with Crippen LogP contribution in [0.2, 0.25) is 0 Å². The van der Waals surface area contributed by atoms with Crippen molar-refractivity contribution in [2.45, 2.75) is 65.5 Å². The Labute approximate surface area is 198 Å². The van der Waals surface area contributed by atoms with Crippen molar-refractivity contribution in [2.24, 2.45) is 5.10 Å². The highest BCUT2D eigenvalue weighted by molar-refractivity contribution is 7.18. The highest BCUT2D eigenvalue weighted by Crippen LogP contribution is 2.35. The molecule has 0 aliphatic carbocycles. The molecule has 8 heteroatoms. The standard InChI is InChI=1S/C25H31N5O2S/c1-24(2,3)20-12-19-21(26-15-27-22(19)33-20)29-28-13-16-7-8-17-9-10-30(14-18(17)11-16)23(31)32-25(4,5)6/h7-8,11-13,15H,9-10,14H2,1-6H3,(H,26,27,29). The average molecular weight is 466 g/mol. The molecule has 1 N–H and O–H groups in total. The quantitative estimate of drug-likeness (QED) is 0.395. The number of nitrogens with one attached hydrogen (secondary N) is 1. The van der Waals surface area contributed by atoms with Crippen LogP contribution in [-0.4, -0.2) is 39.3 Å². The first kappa shape index (κ1) is 23.2. The first-order valence-corrected chi connectivity index (χ1v) is 11.9. The molecule has 0 fully saturated rings. The third kappa shape index (κ3) is 5.50. The summed E-state index contributed by atoms with van der Waals surface area (Å²) in [4.78, 5) is 25.2. The van der Waals surface area contributed by atoms with Gasteiger partial charge < -0.3 is 9.64 Å². The Morgan fingerprint density at radius 2 is 1.94 bits per heavy atom. The zero-order valence-electron chi connectivity index (χ0n) is 20.1. The predicted octanol–water partition coefficient (Wildman–Crippen LogP) is 5.73. The second kappa shape index (κ2) is 8.74. The minimum Gasteiger partial charge on any atom is -0.444 e. The van der Waals surface area contributed by atoms with Crippen LogP contribution in [0.25, 0.3) is 10.2 Å². The van der Waals surface area contributed by atoms with Gasteiger partial charge in [-0.2, -0.15) is 5.10 Å². The zero-order chi connectivity index (χ0) is 23.8. The third-order valence-electron chi connectivity index (χ3n) is 5.35. The van der Waals surface area contributed by atoms with E-state index in [1.807, 2.05) is 26.8 Å². The van der Waals surface area contributed by atoms with Crippen LogP contribution >= 0.6 is 11.3 Å². The van der Waals surface area contributed by atoms with Gasteiger partial charge in [0.2, 0.25) is 0 Å². The van der Waals surface area contributed by atoms with Gasteiger partial charge in [-0.1, -0.05) is 32.9 Å². The van der Waals surface area contributed by atoms with E-state index >= 15 is 0 Å². The van der Waals surface area contributed by atoms with Crippen molar-refractivity contribution in [1.29, 1.82) is 0 Å². The lowest BCUT2D eigenvalue weighted by Gasteiger charge is -2.31. The van der Waals surface area contributed by atoms with Crippen molar-refractivity contribution in [1.82, 2.24) is 14.9 Å². The molecule has 1 aliphatic heterocycles. The van der Waals surface area contributed by atoms with E-state index in [1.165, 1.54) is 10.4 Å². The number of anilines is 1. The number of hydrogen-bond donors (Lipinski definition) is 1. The number of hydrogen-bond acceptors (Lipinski definition) is 7. The van der Waals surface area contributed by atoms with Crippen LogP contribution in [0.3, 0.4) is 0 Å². The van der Waals surface area contributed by atoms with E-state index in [4.69, 9.17) is 4.74 Å². The number of fused-ring (bicyclic) bond motifs is 2. The molecule has 0 spiro atoms. The van der Waals surface area contributed by atoms with Crippen LogP contribution in [0.1, 0.15) is 63.1 Å². The maximum absolute atomic E-state index is 12.5. The molecule has 0 atom stereocenters. The number of ether oxygens (including phenoxy) is 1. The van der Waals surface area contributed by atoms with Crippen LogP contribution in [-0.2, 0) is 23.1 Å². The van der Waals surface area contributed by atoms with E-state index in [1.54, 1.807) is 28.8 Å². The van der Waals surface area contributed by atoms with Gasteiger partial charge in [0.15, 0.2) is 5.82 Å². The fraction of sp³-hybridized carbons (Fsp3) is 0.440. The summed E-state index contributed by atoms with van der Waals surface area (Å²) in [6.07, 6.45) is 3.88. The molecular formula is C25H31N5O2S. The summed E-state index contributed by atoms with van der Waals surface area (Å²) in [6.45, 7) is 13.4. The minimum absolute atomic E-state index is 0.0578. The van der Waals surface area contributed by atoms with E-state index in [0.29, 0.717) is 18.9 Å². The van der Waals surface area contributed by atoms with Crippen LogP contribution in [0, 0.1) is 0 Å². The van der Waals surface area contributed by atoms with Crippen LogP contribution < -0.4 is 5.43 Å². The Kier molecular flexibility index (Phi) is 6.14. The van der Waals surface area contributed by atoms with Crippen LogP contribution in [0.5, 0.6) is 0 Å². The molecule has 0 radical (unpaired) electrons. The zero-order valence-corrected chi connectivity index (χ0v) is 20.9.